The van der Waals surface area contributed by atoms with Crippen molar-refractivity contribution in [2.24, 2.45) is 5.92 Å². The maximum atomic E-state index is 12.3. The lowest BCUT2D eigenvalue weighted by molar-refractivity contribution is -0.119. The molecule has 3 N–H and O–H groups in total. The first-order chi connectivity index (χ1) is 14.2. The molecule has 30 heavy (non-hydrogen) atoms. The van der Waals surface area contributed by atoms with E-state index < -0.39 is 0 Å². The van der Waals surface area contributed by atoms with Crippen molar-refractivity contribution in [3.63, 3.8) is 0 Å². The molecule has 8 heteroatoms. The second-order valence-electron chi connectivity index (χ2n) is 9.06. The van der Waals surface area contributed by atoms with Gasteiger partial charge in [-0.15, -0.1) is 10.2 Å². The molecule has 1 saturated carbocycles. The van der Waals surface area contributed by atoms with Crippen LogP contribution in [0.1, 0.15) is 64.8 Å². The Kier molecular flexibility index (Phi) is 7.28. The Bertz CT molecular complexity index is 844. The SMILES string of the molecule is C[C@@H]1CCCC[C@@H]1NC(=O)CSc1nnc(COc2ccc(C(C)(C)C)cc2)n1N. The van der Waals surface area contributed by atoms with Crippen molar-refractivity contribution in [3.8, 4) is 5.75 Å². The van der Waals surface area contributed by atoms with Crippen LogP contribution in [0.2, 0.25) is 0 Å². The van der Waals surface area contributed by atoms with Crippen LogP contribution in [0.25, 0.3) is 0 Å². The van der Waals surface area contributed by atoms with Gasteiger partial charge in [0.25, 0.3) is 0 Å². The number of carbonyl (C=O) groups excluding carboxylic acids is 1. The topological polar surface area (TPSA) is 95.1 Å². The summed E-state index contributed by atoms with van der Waals surface area (Å²) >= 11 is 1.29. The highest BCUT2D eigenvalue weighted by atomic mass is 32.2. The normalized spacial score (nSPS) is 19.5. The third-order valence-corrected chi connectivity index (χ3v) is 6.56. The van der Waals surface area contributed by atoms with Gasteiger partial charge in [-0.2, -0.15) is 0 Å². The number of hydrogen-bond donors (Lipinski definition) is 2. The number of benzene rings is 1. The first-order valence-electron chi connectivity index (χ1n) is 10.6. The number of carbonyl (C=O) groups is 1. The molecule has 1 aliphatic rings. The summed E-state index contributed by atoms with van der Waals surface area (Å²) in [5.41, 5.74) is 1.35. The predicted octanol–water partition coefficient (Wildman–Crippen LogP) is 3.66. The van der Waals surface area contributed by atoms with E-state index >= 15 is 0 Å². The summed E-state index contributed by atoms with van der Waals surface area (Å²) in [6.07, 6.45) is 4.67. The van der Waals surface area contributed by atoms with Crippen molar-refractivity contribution in [2.75, 3.05) is 11.6 Å². The molecule has 0 unspecified atom stereocenters. The summed E-state index contributed by atoms with van der Waals surface area (Å²) < 4.78 is 7.19. The van der Waals surface area contributed by atoms with Gasteiger partial charge >= 0.3 is 0 Å². The molecule has 0 bridgehead atoms. The van der Waals surface area contributed by atoms with Crippen LogP contribution < -0.4 is 15.9 Å². The predicted molar refractivity (Wildman–Crippen MR) is 120 cm³/mol. The largest absolute Gasteiger partial charge is 0.486 e. The summed E-state index contributed by atoms with van der Waals surface area (Å²) in [5.74, 6) is 8.18. The van der Waals surface area contributed by atoms with Gasteiger partial charge in [0, 0.05) is 6.04 Å². The zero-order valence-electron chi connectivity index (χ0n) is 18.4. The molecular formula is C22H33N5O2S. The van der Waals surface area contributed by atoms with Crippen LogP contribution in [0.5, 0.6) is 5.75 Å². The number of hydrogen-bond acceptors (Lipinski definition) is 6. The van der Waals surface area contributed by atoms with E-state index in [4.69, 9.17) is 10.6 Å². The number of thioether (sulfide) groups is 1. The fourth-order valence-corrected chi connectivity index (χ4v) is 4.30. The van der Waals surface area contributed by atoms with Gasteiger partial charge in [-0.05, 0) is 41.9 Å². The number of nitrogens with two attached hydrogens (primary N) is 1. The van der Waals surface area contributed by atoms with E-state index in [0.717, 1.165) is 12.2 Å². The first kappa shape index (κ1) is 22.5. The minimum Gasteiger partial charge on any atom is -0.486 e. The lowest BCUT2D eigenvalue weighted by Gasteiger charge is -2.29. The molecule has 0 spiro atoms. The van der Waals surface area contributed by atoms with E-state index in [0.29, 0.717) is 16.9 Å². The van der Waals surface area contributed by atoms with Crippen LogP contribution in [0.4, 0.5) is 0 Å². The van der Waals surface area contributed by atoms with Crippen molar-refractivity contribution >= 4 is 17.7 Å². The Hall–Kier alpha value is -2.22. The summed E-state index contributed by atoms with van der Waals surface area (Å²) in [6.45, 7) is 8.94. The Morgan fingerprint density at radius 2 is 1.93 bits per heavy atom. The van der Waals surface area contributed by atoms with Crippen molar-refractivity contribution in [2.45, 2.75) is 76.6 Å². The average Bonchev–Trinajstić information content (AvgIpc) is 3.06. The second-order valence-corrected chi connectivity index (χ2v) is 10.00. The highest BCUT2D eigenvalue weighted by Crippen LogP contribution is 2.25. The van der Waals surface area contributed by atoms with Gasteiger partial charge in [0.1, 0.15) is 12.4 Å². The number of nitrogens with one attached hydrogen (secondary N) is 1. The minimum absolute atomic E-state index is 0.0125. The first-order valence-corrected chi connectivity index (χ1v) is 11.6. The van der Waals surface area contributed by atoms with Gasteiger partial charge in [0.2, 0.25) is 11.1 Å². The number of nitrogen functional groups attached to an aromatic ring is 1. The summed E-state index contributed by atoms with van der Waals surface area (Å²) in [4.78, 5) is 12.3. The van der Waals surface area contributed by atoms with Crippen LogP contribution in [-0.4, -0.2) is 32.6 Å². The summed E-state index contributed by atoms with van der Waals surface area (Å²) in [7, 11) is 0. The zero-order valence-corrected chi connectivity index (χ0v) is 19.2. The molecule has 7 nitrogen and oxygen atoms in total. The van der Waals surface area contributed by atoms with Gasteiger partial charge in [0.05, 0.1) is 5.75 Å². The zero-order chi connectivity index (χ0) is 21.7. The lowest BCUT2D eigenvalue weighted by atomic mass is 9.86. The van der Waals surface area contributed by atoms with Gasteiger partial charge in [-0.3, -0.25) is 4.79 Å². The fourth-order valence-electron chi connectivity index (χ4n) is 3.61. The molecule has 0 aliphatic heterocycles. The van der Waals surface area contributed by atoms with Crippen LogP contribution in [-0.2, 0) is 16.8 Å². The van der Waals surface area contributed by atoms with E-state index in [1.54, 1.807) is 0 Å². The molecule has 0 saturated heterocycles. The summed E-state index contributed by atoms with van der Waals surface area (Å²) in [5, 5.41) is 11.9. The molecular weight excluding hydrogens is 398 g/mol. The number of amides is 1. The standard InChI is InChI=1S/C22H33N5O2S/c1-15-7-5-6-8-18(15)24-20(28)14-30-21-26-25-19(27(21)23)13-29-17-11-9-16(10-12-17)22(2,3)4/h9-12,15,18H,5-8,13-14,23H2,1-4H3,(H,24,28)/t15-,18+/m1/s1. The lowest BCUT2D eigenvalue weighted by Crippen LogP contribution is -2.41. The number of aromatic nitrogens is 3. The van der Waals surface area contributed by atoms with Gasteiger partial charge < -0.3 is 15.9 Å². The highest BCUT2D eigenvalue weighted by molar-refractivity contribution is 7.99. The molecule has 2 atom stereocenters. The van der Waals surface area contributed by atoms with E-state index in [9.17, 15) is 4.79 Å². The van der Waals surface area contributed by atoms with E-state index in [-0.39, 0.29) is 29.7 Å². The van der Waals surface area contributed by atoms with Gasteiger partial charge in [-0.1, -0.05) is 64.4 Å². The van der Waals surface area contributed by atoms with Crippen molar-refractivity contribution in [1.29, 1.82) is 0 Å². The maximum Gasteiger partial charge on any atom is 0.230 e. The van der Waals surface area contributed by atoms with E-state index in [1.165, 1.54) is 41.3 Å². The third kappa shape index (κ3) is 5.90. The monoisotopic (exact) mass is 431 g/mol. The smallest absolute Gasteiger partial charge is 0.230 e. The van der Waals surface area contributed by atoms with E-state index in [2.05, 4.69) is 55.3 Å². The maximum absolute atomic E-state index is 12.3. The number of ether oxygens (including phenoxy) is 1. The Morgan fingerprint density at radius 3 is 2.60 bits per heavy atom. The van der Waals surface area contributed by atoms with Crippen LogP contribution in [0, 0.1) is 5.92 Å². The minimum atomic E-state index is 0.0125. The van der Waals surface area contributed by atoms with Gasteiger partial charge in [0.15, 0.2) is 5.82 Å². The Balaban J connectivity index is 1.49. The molecule has 1 aromatic carbocycles. The second kappa shape index (κ2) is 9.73. The van der Waals surface area contributed by atoms with Crippen molar-refractivity contribution in [3.05, 3.63) is 35.7 Å². The third-order valence-electron chi connectivity index (χ3n) is 5.61. The van der Waals surface area contributed by atoms with Gasteiger partial charge in [-0.25, -0.2) is 4.68 Å². The molecule has 2 aromatic rings. The Morgan fingerprint density at radius 1 is 1.23 bits per heavy atom. The average molecular weight is 432 g/mol. The molecule has 0 radical (unpaired) electrons. The van der Waals surface area contributed by atoms with E-state index in [1.807, 2.05) is 12.1 Å². The molecule has 164 valence electrons. The highest BCUT2D eigenvalue weighted by Gasteiger charge is 2.23. The van der Waals surface area contributed by atoms with Crippen molar-refractivity contribution < 1.29 is 9.53 Å². The van der Waals surface area contributed by atoms with Crippen LogP contribution in [0.3, 0.4) is 0 Å². The van der Waals surface area contributed by atoms with Crippen LogP contribution in [0.15, 0.2) is 29.4 Å². The molecule has 1 aromatic heterocycles. The van der Waals surface area contributed by atoms with Crippen LogP contribution >= 0.6 is 11.8 Å². The summed E-state index contributed by atoms with van der Waals surface area (Å²) in [6, 6.07) is 8.30. The quantitative estimate of drug-likeness (QED) is 0.513. The Labute approximate surface area is 183 Å². The molecule has 1 aliphatic carbocycles. The molecule has 3 rings (SSSR count). The molecule has 1 heterocycles. The molecule has 1 fully saturated rings. The molecule has 1 amide bonds. The number of nitrogens with zero attached hydrogens (tertiary/aromatic N) is 3. The number of rotatable bonds is 7. The van der Waals surface area contributed by atoms with Crippen molar-refractivity contribution in [1.82, 2.24) is 20.2 Å². The fraction of sp³-hybridized carbons (Fsp3) is 0.591.